The van der Waals surface area contributed by atoms with Gasteiger partial charge in [0.25, 0.3) is 0 Å². The molecule has 3 rings (SSSR count). The van der Waals surface area contributed by atoms with E-state index in [1.54, 1.807) is 24.3 Å². The summed E-state index contributed by atoms with van der Waals surface area (Å²) in [7, 11) is 0. The minimum Gasteiger partial charge on any atom is -0.508 e. The van der Waals surface area contributed by atoms with Crippen molar-refractivity contribution in [3.63, 3.8) is 0 Å². The zero-order valence-corrected chi connectivity index (χ0v) is 13.4. The molecule has 0 aromatic heterocycles. The fourth-order valence-electron chi connectivity index (χ4n) is 2.65. The fourth-order valence-corrected chi connectivity index (χ4v) is 2.91. The predicted octanol–water partition coefficient (Wildman–Crippen LogP) is 5.04. The van der Waals surface area contributed by atoms with E-state index in [9.17, 15) is 10.2 Å². The SMILES string of the molecule is Oc1ccccc1C(c1ccc(Br)cc1)c1ccccc1O. The molecule has 110 valence electrons. The molecule has 22 heavy (non-hydrogen) atoms. The minimum atomic E-state index is -0.226. The molecule has 0 spiro atoms. The third kappa shape index (κ3) is 2.85. The number of hydrogen-bond donors (Lipinski definition) is 2. The molecule has 2 nitrogen and oxygen atoms in total. The highest BCUT2D eigenvalue weighted by molar-refractivity contribution is 9.10. The smallest absolute Gasteiger partial charge is 0.119 e. The molecule has 0 aliphatic heterocycles. The molecule has 3 aromatic carbocycles. The Morgan fingerprint density at radius 2 is 1.09 bits per heavy atom. The summed E-state index contributed by atoms with van der Waals surface area (Å²) >= 11 is 3.44. The first kappa shape index (κ1) is 14.7. The Balaban J connectivity index is 2.21. The van der Waals surface area contributed by atoms with Gasteiger partial charge in [0, 0.05) is 21.5 Å². The highest BCUT2D eigenvalue weighted by Gasteiger charge is 2.22. The molecule has 3 heteroatoms. The van der Waals surface area contributed by atoms with E-state index in [2.05, 4.69) is 15.9 Å². The van der Waals surface area contributed by atoms with Crippen LogP contribution in [0.15, 0.2) is 77.3 Å². The molecule has 2 N–H and O–H groups in total. The van der Waals surface area contributed by atoms with Gasteiger partial charge in [0.2, 0.25) is 0 Å². The Labute approximate surface area is 137 Å². The zero-order chi connectivity index (χ0) is 15.5. The van der Waals surface area contributed by atoms with Gasteiger partial charge in [0.15, 0.2) is 0 Å². The van der Waals surface area contributed by atoms with Crippen molar-refractivity contribution in [1.82, 2.24) is 0 Å². The summed E-state index contributed by atoms with van der Waals surface area (Å²) in [6.45, 7) is 0. The van der Waals surface area contributed by atoms with Gasteiger partial charge in [-0.3, -0.25) is 0 Å². The van der Waals surface area contributed by atoms with Crippen LogP contribution in [-0.4, -0.2) is 10.2 Å². The van der Waals surface area contributed by atoms with E-state index >= 15 is 0 Å². The van der Waals surface area contributed by atoms with E-state index in [0.29, 0.717) is 0 Å². The van der Waals surface area contributed by atoms with Crippen molar-refractivity contribution in [3.05, 3.63) is 94.0 Å². The molecular formula is C19H15BrO2. The van der Waals surface area contributed by atoms with Crippen LogP contribution in [0.3, 0.4) is 0 Å². The summed E-state index contributed by atoms with van der Waals surface area (Å²) in [4.78, 5) is 0. The summed E-state index contributed by atoms with van der Waals surface area (Å²) in [5.41, 5.74) is 2.55. The lowest BCUT2D eigenvalue weighted by molar-refractivity contribution is 0.458. The third-order valence-corrected chi connectivity index (χ3v) is 4.23. The number of aromatic hydroxyl groups is 2. The topological polar surface area (TPSA) is 40.5 Å². The molecule has 0 heterocycles. The molecule has 3 aromatic rings. The molecule has 0 bridgehead atoms. The Morgan fingerprint density at radius 3 is 1.55 bits per heavy atom. The summed E-state index contributed by atoms with van der Waals surface area (Å²) in [5.74, 6) is 0.216. The molecule has 0 saturated heterocycles. The van der Waals surface area contributed by atoms with Gasteiger partial charge in [0.05, 0.1) is 0 Å². The van der Waals surface area contributed by atoms with E-state index in [0.717, 1.165) is 21.2 Å². The lowest BCUT2D eigenvalue weighted by atomic mass is 9.84. The van der Waals surface area contributed by atoms with Gasteiger partial charge in [-0.1, -0.05) is 64.5 Å². The van der Waals surface area contributed by atoms with Gasteiger partial charge < -0.3 is 10.2 Å². The largest absolute Gasteiger partial charge is 0.508 e. The number of hydrogen-bond acceptors (Lipinski definition) is 2. The van der Waals surface area contributed by atoms with Crippen LogP contribution in [0.1, 0.15) is 22.6 Å². The summed E-state index contributed by atoms with van der Waals surface area (Å²) in [6, 6.07) is 22.4. The standard InChI is InChI=1S/C19H15BrO2/c20-14-11-9-13(10-12-14)19(15-5-1-3-7-17(15)21)16-6-2-4-8-18(16)22/h1-12,19,21-22H. The first-order chi connectivity index (χ1) is 10.7. The molecule has 0 amide bonds. The van der Waals surface area contributed by atoms with E-state index < -0.39 is 0 Å². The van der Waals surface area contributed by atoms with Gasteiger partial charge in [-0.05, 0) is 29.8 Å². The first-order valence-corrected chi connectivity index (χ1v) is 7.77. The van der Waals surface area contributed by atoms with Crippen LogP contribution in [0.4, 0.5) is 0 Å². The maximum absolute atomic E-state index is 10.3. The van der Waals surface area contributed by atoms with Gasteiger partial charge in [-0.15, -0.1) is 0 Å². The van der Waals surface area contributed by atoms with Crippen molar-refractivity contribution < 1.29 is 10.2 Å². The first-order valence-electron chi connectivity index (χ1n) is 6.98. The van der Waals surface area contributed by atoms with Crippen molar-refractivity contribution in [3.8, 4) is 11.5 Å². The molecule has 0 atom stereocenters. The van der Waals surface area contributed by atoms with Gasteiger partial charge in [0.1, 0.15) is 11.5 Å². The number of phenols is 2. The Morgan fingerprint density at radius 1 is 0.636 bits per heavy atom. The van der Waals surface area contributed by atoms with Crippen molar-refractivity contribution >= 4 is 15.9 Å². The minimum absolute atomic E-state index is 0.221. The monoisotopic (exact) mass is 354 g/mol. The summed E-state index contributed by atoms with van der Waals surface area (Å²) < 4.78 is 0.990. The van der Waals surface area contributed by atoms with E-state index in [4.69, 9.17) is 0 Å². The Bertz CT molecular complexity index is 736. The average Bonchev–Trinajstić information content (AvgIpc) is 2.53. The second-order valence-corrected chi connectivity index (χ2v) is 6.02. The molecule has 0 aliphatic rings. The number of phenolic OH excluding ortho intramolecular Hbond substituents is 2. The quantitative estimate of drug-likeness (QED) is 0.646. The average molecular weight is 355 g/mol. The van der Waals surface area contributed by atoms with Gasteiger partial charge >= 0.3 is 0 Å². The number of benzene rings is 3. The predicted molar refractivity (Wildman–Crippen MR) is 91.3 cm³/mol. The van der Waals surface area contributed by atoms with Crippen molar-refractivity contribution in [2.24, 2.45) is 0 Å². The van der Waals surface area contributed by atoms with Crippen LogP contribution in [-0.2, 0) is 0 Å². The van der Waals surface area contributed by atoms with Crippen LogP contribution in [0.2, 0.25) is 0 Å². The van der Waals surface area contributed by atoms with E-state index in [-0.39, 0.29) is 17.4 Å². The van der Waals surface area contributed by atoms with Crippen LogP contribution >= 0.6 is 15.9 Å². The van der Waals surface area contributed by atoms with Crippen molar-refractivity contribution in [1.29, 1.82) is 0 Å². The molecule has 0 radical (unpaired) electrons. The molecular weight excluding hydrogens is 340 g/mol. The van der Waals surface area contributed by atoms with Crippen LogP contribution in [0.25, 0.3) is 0 Å². The van der Waals surface area contributed by atoms with Crippen LogP contribution in [0.5, 0.6) is 11.5 Å². The van der Waals surface area contributed by atoms with Crippen molar-refractivity contribution in [2.75, 3.05) is 0 Å². The van der Waals surface area contributed by atoms with Crippen molar-refractivity contribution in [2.45, 2.75) is 5.92 Å². The lowest BCUT2D eigenvalue weighted by Crippen LogP contribution is -2.04. The lowest BCUT2D eigenvalue weighted by Gasteiger charge is -2.20. The second-order valence-electron chi connectivity index (χ2n) is 5.10. The fraction of sp³-hybridized carbons (Fsp3) is 0.0526. The normalized spacial score (nSPS) is 10.8. The Hall–Kier alpha value is -2.26. The highest BCUT2D eigenvalue weighted by atomic mass is 79.9. The summed E-state index contributed by atoms with van der Waals surface area (Å²) in [5, 5.41) is 20.5. The maximum atomic E-state index is 10.3. The molecule has 0 aliphatic carbocycles. The highest BCUT2D eigenvalue weighted by Crippen LogP contribution is 2.40. The molecule has 0 saturated carbocycles. The third-order valence-electron chi connectivity index (χ3n) is 3.70. The summed E-state index contributed by atoms with van der Waals surface area (Å²) in [6.07, 6.45) is 0. The molecule has 0 unspecified atom stereocenters. The second kappa shape index (κ2) is 6.24. The van der Waals surface area contributed by atoms with Gasteiger partial charge in [-0.25, -0.2) is 0 Å². The number of rotatable bonds is 3. The Kier molecular flexibility index (Phi) is 4.16. The van der Waals surface area contributed by atoms with E-state index in [1.807, 2.05) is 48.5 Å². The van der Waals surface area contributed by atoms with Crippen LogP contribution in [0, 0.1) is 0 Å². The number of para-hydroxylation sites is 2. The van der Waals surface area contributed by atoms with Gasteiger partial charge in [-0.2, -0.15) is 0 Å². The zero-order valence-electron chi connectivity index (χ0n) is 11.8. The van der Waals surface area contributed by atoms with Crippen LogP contribution < -0.4 is 0 Å². The molecule has 0 fully saturated rings. The number of halogens is 1. The van der Waals surface area contributed by atoms with E-state index in [1.165, 1.54) is 0 Å². The maximum Gasteiger partial charge on any atom is 0.119 e.